The lowest BCUT2D eigenvalue weighted by Gasteiger charge is -2.26. The SMILES string of the molecule is O=C(C=Cc1cccc(F)c1)NCCCN1CCOCC1. The van der Waals surface area contributed by atoms with Crippen molar-refractivity contribution < 1.29 is 13.9 Å². The number of benzene rings is 1. The summed E-state index contributed by atoms with van der Waals surface area (Å²) in [6, 6.07) is 6.14. The lowest BCUT2D eigenvalue weighted by Crippen LogP contribution is -2.38. The van der Waals surface area contributed by atoms with Crippen molar-refractivity contribution in [3.8, 4) is 0 Å². The van der Waals surface area contributed by atoms with Crippen LogP contribution in [-0.2, 0) is 9.53 Å². The molecule has 1 heterocycles. The summed E-state index contributed by atoms with van der Waals surface area (Å²) >= 11 is 0. The molecule has 1 aromatic carbocycles. The molecule has 1 aliphatic heterocycles. The molecule has 1 saturated heterocycles. The van der Waals surface area contributed by atoms with E-state index in [1.54, 1.807) is 18.2 Å². The number of hydrogen-bond acceptors (Lipinski definition) is 3. The molecule has 0 unspecified atom stereocenters. The summed E-state index contributed by atoms with van der Waals surface area (Å²) in [7, 11) is 0. The highest BCUT2D eigenvalue weighted by atomic mass is 19.1. The molecule has 4 nitrogen and oxygen atoms in total. The molecule has 5 heteroatoms. The molecule has 1 aliphatic rings. The van der Waals surface area contributed by atoms with Crippen molar-refractivity contribution in [3.63, 3.8) is 0 Å². The molecule has 0 radical (unpaired) electrons. The van der Waals surface area contributed by atoms with Crippen LogP contribution in [0.2, 0.25) is 0 Å². The van der Waals surface area contributed by atoms with Crippen molar-refractivity contribution in [1.29, 1.82) is 0 Å². The van der Waals surface area contributed by atoms with Crippen LogP contribution in [0.25, 0.3) is 6.08 Å². The minimum Gasteiger partial charge on any atom is -0.379 e. The first kappa shape index (κ1) is 15.7. The number of carbonyl (C=O) groups is 1. The average molecular weight is 292 g/mol. The molecule has 2 rings (SSSR count). The fraction of sp³-hybridized carbons (Fsp3) is 0.438. The minimum atomic E-state index is -0.303. The number of nitrogens with zero attached hydrogens (tertiary/aromatic N) is 1. The Labute approximate surface area is 124 Å². The molecule has 21 heavy (non-hydrogen) atoms. The first-order chi connectivity index (χ1) is 10.2. The number of ether oxygens (including phenoxy) is 1. The fourth-order valence-corrected chi connectivity index (χ4v) is 2.18. The van der Waals surface area contributed by atoms with Gasteiger partial charge in [-0.15, -0.1) is 0 Å². The molecule has 0 spiro atoms. The van der Waals surface area contributed by atoms with Gasteiger partial charge in [-0.25, -0.2) is 4.39 Å². The van der Waals surface area contributed by atoms with Gasteiger partial charge in [-0.3, -0.25) is 9.69 Å². The summed E-state index contributed by atoms with van der Waals surface area (Å²) < 4.78 is 18.2. The zero-order valence-corrected chi connectivity index (χ0v) is 12.1. The van der Waals surface area contributed by atoms with E-state index in [1.165, 1.54) is 18.2 Å². The summed E-state index contributed by atoms with van der Waals surface area (Å²) in [6.45, 7) is 5.13. The molecule has 1 N–H and O–H groups in total. The lowest BCUT2D eigenvalue weighted by molar-refractivity contribution is -0.116. The summed E-state index contributed by atoms with van der Waals surface area (Å²) in [5, 5.41) is 2.83. The second kappa shape index (κ2) is 8.54. The van der Waals surface area contributed by atoms with E-state index in [9.17, 15) is 9.18 Å². The van der Waals surface area contributed by atoms with E-state index < -0.39 is 0 Å². The third-order valence-corrected chi connectivity index (χ3v) is 3.33. The highest BCUT2D eigenvalue weighted by Crippen LogP contribution is 2.05. The first-order valence-electron chi connectivity index (χ1n) is 7.25. The quantitative estimate of drug-likeness (QED) is 0.641. The van der Waals surface area contributed by atoms with Gasteiger partial charge >= 0.3 is 0 Å². The van der Waals surface area contributed by atoms with Crippen LogP contribution in [0.3, 0.4) is 0 Å². The molecule has 1 amide bonds. The van der Waals surface area contributed by atoms with Crippen LogP contribution in [0.5, 0.6) is 0 Å². The monoisotopic (exact) mass is 292 g/mol. The summed E-state index contributed by atoms with van der Waals surface area (Å²) in [5.74, 6) is -0.454. The Kier molecular flexibility index (Phi) is 6.37. The maximum absolute atomic E-state index is 13.0. The van der Waals surface area contributed by atoms with Gasteiger partial charge in [0.15, 0.2) is 0 Å². The Morgan fingerprint density at radius 2 is 2.19 bits per heavy atom. The normalized spacial score (nSPS) is 16.2. The third-order valence-electron chi connectivity index (χ3n) is 3.33. The van der Waals surface area contributed by atoms with Crippen molar-refractivity contribution in [3.05, 3.63) is 41.7 Å². The maximum Gasteiger partial charge on any atom is 0.243 e. The highest BCUT2D eigenvalue weighted by Gasteiger charge is 2.09. The number of morpholine rings is 1. The van der Waals surface area contributed by atoms with Crippen LogP contribution in [-0.4, -0.2) is 50.2 Å². The Morgan fingerprint density at radius 3 is 2.95 bits per heavy atom. The standard InChI is InChI=1S/C16H21FN2O2/c17-15-4-1-3-14(13-15)5-6-16(20)18-7-2-8-19-9-11-21-12-10-19/h1,3-6,13H,2,7-12H2,(H,18,20). The number of halogens is 1. The largest absolute Gasteiger partial charge is 0.379 e. The van der Waals surface area contributed by atoms with E-state index in [0.29, 0.717) is 12.1 Å². The predicted octanol–water partition coefficient (Wildman–Crippen LogP) is 1.68. The summed E-state index contributed by atoms with van der Waals surface area (Å²) in [6.07, 6.45) is 3.96. The van der Waals surface area contributed by atoms with Crippen molar-refractivity contribution in [1.82, 2.24) is 10.2 Å². The van der Waals surface area contributed by atoms with Crippen molar-refractivity contribution in [2.24, 2.45) is 0 Å². The van der Waals surface area contributed by atoms with Gasteiger partial charge in [0.2, 0.25) is 5.91 Å². The maximum atomic E-state index is 13.0. The van der Waals surface area contributed by atoms with E-state index in [2.05, 4.69) is 10.2 Å². The number of carbonyl (C=O) groups excluding carboxylic acids is 1. The van der Waals surface area contributed by atoms with Gasteiger partial charge in [-0.2, -0.15) is 0 Å². The number of rotatable bonds is 6. The third kappa shape index (κ3) is 6.06. The highest BCUT2D eigenvalue weighted by molar-refractivity contribution is 5.91. The van der Waals surface area contributed by atoms with Crippen LogP contribution < -0.4 is 5.32 Å². The number of nitrogens with one attached hydrogen (secondary N) is 1. The Hall–Kier alpha value is -1.72. The topological polar surface area (TPSA) is 41.6 Å². The van der Waals surface area contributed by atoms with E-state index in [4.69, 9.17) is 4.74 Å². The van der Waals surface area contributed by atoms with E-state index >= 15 is 0 Å². The molecule has 0 bridgehead atoms. The zero-order valence-electron chi connectivity index (χ0n) is 12.1. The molecular formula is C16H21FN2O2. The van der Waals surface area contributed by atoms with Gasteiger partial charge in [0, 0.05) is 25.7 Å². The molecular weight excluding hydrogens is 271 g/mol. The Bertz CT molecular complexity index is 485. The van der Waals surface area contributed by atoms with E-state index in [1.807, 2.05) is 0 Å². The van der Waals surface area contributed by atoms with E-state index in [-0.39, 0.29) is 11.7 Å². The van der Waals surface area contributed by atoms with Gasteiger partial charge in [0.25, 0.3) is 0 Å². The molecule has 114 valence electrons. The van der Waals surface area contributed by atoms with Crippen LogP contribution in [0, 0.1) is 5.82 Å². The molecule has 1 fully saturated rings. The van der Waals surface area contributed by atoms with Crippen LogP contribution in [0.4, 0.5) is 4.39 Å². The number of amides is 1. The molecule has 1 aromatic rings. The summed E-state index contributed by atoms with van der Waals surface area (Å²) in [4.78, 5) is 14.0. The summed E-state index contributed by atoms with van der Waals surface area (Å²) in [5.41, 5.74) is 0.679. The van der Waals surface area contributed by atoms with Crippen molar-refractivity contribution in [2.75, 3.05) is 39.4 Å². The fourth-order valence-electron chi connectivity index (χ4n) is 2.18. The molecule has 0 saturated carbocycles. The number of hydrogen-bond donors (Lipinski definition) is 1. The van der Waals surface area contributed by atoms with Crippen molar-refractivity contribution >= 4 is 12.0 Å². The molecule has 0 aliphatic carbocycles. The lowest BCUT2D eigenvalue weighted by atomic mass is 10.2. The van der Waals surface area contributed by atoms with Crippen LogP contribution >= 0.6 is 0 Å². The minimum absolute atomic E-state index is 0.152. The second-order valence-electron chi connectivity index (χ2n) is 4.99. The van der Waals surface area contributed by atoms with Gasteiger partial charge in [0.05, 0.1) is 13.2 Å². The van der Waals surface area contributed by atoms with E-state index in [0.717, 1.165) is 39.3 Å². The first-order valence-corrected chi connectivity index (χ1v) is 7.25. The van der Waals surface area contributed by atoms with Gasteiger partial charge < -0.3 is 10.1 Å². The Morgan fingerprint density at radius 1 is 1.38 bits per heavy atom. The smallest absolute Gasteiger partial charge is 0.243 e. The van der Waals surface area contributed by atoms with Crippen LogP contribution in [0.15, 0.2) is 30.3 Å². The van der Waals surface area contributed by atoms with Gasteiger partial charge in [-0.1, -0.05) is 12.1 Å². The van der Waals surface area contributed by atoms with Gasteiger partial charge in [0.1, 0.15) is 5.82 Å². The van der Waals surface area contributed by atoms with Gasteiger partial charge in [-0.05, 0) is 36.7 Å². The predicted molar refractivity (Wildman–Crippen MR) is 80.3 cm³/mol. The van der Waals surface area contributed by atoms with Crippen molar-refractivity contribution in [2.45, 2.75) is 6.42 Å². The van der Waals surface area contributed by atoms with Crippen LogP contribution in [0.1, 0.15) is 12.0 Å². The molecule has 0 atom stereocenters. The Balaban J connectivity index is 1.63. The zero-order chi connectivity index (χ0) is 14.9. The average Bonchev–Trinajstić information content (AvgIpc) is 2.51. The second-order valence-corrected chi connectivity index (χ2v) is 4.99. The molecule has 0 aromatic heterocycles.